The van der Waals surface area contributed by atoms with Crippen molar-refractivity contribution in [3.63, 3.8) is 0 Å². The summed E-state index contributed by atoms with van der Waals surface area (Å²) in [6.07, 6.45) is 0.852. The molecule has 0 aliphatic carbocycles. The van der Waals surface area contributed by atoms with Gasteiger partial charge in [0, 0.05) is 37.9 Å². The number of nitro benzene ring substituents is 1. The third-order valence-electron chi connectivity index (χ3n) is 4.68. The van der Waals surface area contributed by atoms with Crippen LogP contribution < -0.4 is 14.5 Å². The summed E-state index contributed by atoms with van der Waals surface area (Å²) < 4.78 is 18.9. The lowest BCUT2D eigenvalue weighted by Gasteiger charge is -2.25. The molecule has 0 bridgehead atoms. The summed E-state index contributed by atoms with van der Waals surface area (Å²) in [5.74, 6) is -0.704. The quantitative estimate of drug-likeness (QED) is 0.614. The van der Waals surface area contributed by atoms with Crippen molar-refractivity contribution in [1.82, 2.24) is 0 Å². The van der Waals surface area contributed by atoms with Gasteiger partial charge in [0.25, 0.3) is 5.69 Å². The maximum absolute atomic E-state index is 13.9. The van der Waals surface area contributed by atoms with Gasteiger partial charge >= 0.3 is 0 Å². The highest BCUT2D eigenvalue weighted by Gasteiger charge is 2.25. The van der Waals surface area contributed by atoms with Crippen LogP contribution in [-0.4, -0.2) is 38.2 Å². The van der Waals surface area contributed by atoms with E-state index < -0.39 is 10.7 Å². The number of anilines is 2. The van der Waals surface area contributed by atoms with Gasteiger partial charge in [-0.05, 0) is 25.5 Å². The number of ether oxygens (including phenoxy) is 1. The highest BCUT2D eigenvalue weighted by molar-refractivity contribution is 5.66. The lowest BCUT2D eigenvalue weighted by Crippen LogP contribution is -2.31. The molecule has 7 heteroatoms. The van der Waals surface area contributed by atoms with Crippen LogP contribution in [0.15, 0.2) is 36.4 Å². The van der Waals surface area contributed by atoms with Gasteiger partial charge in [0.2, 0.25) is 0 Å². The Labute approximate surface area is 151 Å². The van der Waals surface area contributed by atoms with E-state index in [0.29, 0.717) is 18.8 Å². The lowest BCUT2D eigenvalue weighted by atomic mass is 10.2. The molecule has 0 saturated carbocycles. The summed E-state index contributed by atoms with van der Waals surface area (Å²) in [6.45, 7) is 4.93. The van der Waals surface area contributed by atoms with E-state index >= 15 is 0 Å². The summed E-state index contributed by atoms with van der Waals surface area (Å²) in [5, 5.41) is 11.4. The molecule has 0 radical (unpaired) electrons. The minimum atomic E-state index is -0.723. The monoisotopic (exact) mass is 359 g/mol. The predicted octanol–water partition coefficient (Wildman–Crippen LogP) is 3.77. The van der Waals surface area contributed by atoms with Crippen molar-refractivity contribution in [1.29, 1.82) is 0 Å². The Kier molecular flexibility index (Phi) is 5.25. The number of nitrogens with zero attached hydrogens (tertiary/aromatic N) is 3. The van der Waals surface area contributed by atoms with Gasteiger partial charge in [0.1, 0.15) is 5.69 Å². The second kappa shape index (κ2) is 7.59. The number of hydrogen-bond donors (Lipinski definition) is 0. The molecular weight excluding hydrogens is 337 g/mol. The van der Waals surface area contributed by atoms with E-state index in [2.05, 4.69) is 36.1 Å². The minimum absolute atomic E-state index is 0.0187. The maximum atomic E-state index is 13.9. The first-order valence-corrected chi connectivity index (χ1v) is 8.58. The predicted molar refractivity (Wildman–Crippen MR) is 99.8 cm³/mol. The van der Waals surface area contributed by atoms with Gasteiger partial charge in [-0.2, -0.15) is 0 Å². The number of hydrogen-bond acceptors (Lipinski definition) is 5. The molecule has 0 spiro atoms. The molecule has 0 aromatic heterocycles. The second-order valence-corrected chi connectivity index (χ2v) is 6.40. The van der Waals surface area contributed by atoms with Gasteiger partial charge in [0.15, 0.2) is 11.6 Å². The zero-order valence-electron chi connectivity index (χ0n) is 14.9. The average molecular weight is 359 g/mol. The van der Waals surface area contributed by atoms with Crippen molar-refractivity contribution in [3.05, 3.63) is 57.9 Å². The molecule has 0 N–H and O–H groups in total. The van der Waals surface area contributed by atoms with E-state index in [-0.39, 0.29) is 11.4 Å². The summed E-state index contributed by atoms with van der Waals surface area (Å²) in [4.78, 5) is 15.0. The van der Waals surface area contributed by atoms with Crippen LogP contribution in [0.2, 0.25) is 0 Å². The summed E-state index contributed by atoms with van der Waals surface area (Å²) in [7, 11) is 1.36. The molecule has 0 unspecified atom stereocenters. The molecular formula is C19H22FN3O3. The third kappa shape index (κ3) is 3.71. The molecule has 1 aliphatic rings. The van der Waals surface area contributed by atoms with Crippen LogP contribution >= 0.6 is 0 Å². The van der Waals surface area contributed by atoms with Crippen LogP contribution in [0, 0.1) is 22.9 Å². The Morgan fingerprint density at radius 3 is 2.38 bits per heavy atom. The first kappa shape index (κ1) is 18.0. The van der Waals surface area contributed by atoms with Gasteiger partial charge in [-0.3, -0.25) is 10.1 Å². The Hall–Kier alpha value is -2.83. The molecule has 138 valence electrons. The molecule has 1 aliphatic heterocycles. The highest BCUT2D eigenvalue weighted by Crippen LogP contribution is 2.35. The van der Waals surface area contributed by atoms with Crippen LogP contribution in [0.5, 0.6) is 5.75 Å². The first-order valence-electron chi connectivity index (χ1n) is 8.58. The van der Waals surface area contributed by atoms with Crippen molar-refractivity contribution in [2.75, 3.05) is 43.1 Å². The highest BCUT2D eigenvalue weighted by atomic mass is 19.1. The average Bonchev–Trinajstić information content (AvgIpc) is 2.88. The molecule has 0 amide bonds. The third-order valence-corrected chi connectivity index (χ3v) is 4.68. The van der Waals surface area contributed by atoms with E-state index in [0.717, 1.165) is 31.3 Å². The fourth-order valence-corrected chi connectivity index (χ4v) is 3.26. The molecule has 2 aromatic carbocycles. The van der Waals surface area contributed by atoms with E-state index in [9.17, 15) is 14.5 Å². The number of halogens is 1. The van der Waals surface area contributed by atoms with Crippen LogP contribution in [0.1, 0.15) is 12.0 Å². The molecule has 6 nitrogen and oxygen atoms in total. The van der Waals surface area contributed by atoms with E-state index in [1.54, 1.807) is 0 Å². The van der Waals surface area contributed by atoms with Crippen molar-refractivity contribution >= 4 is 17.1 Å². The zero-order valence-corrected chi connectivity index (χ0v) is 14.9. The molecule has 1 fully saturated rings. The minimum Gasteiger partial charge on any atom is -0.494 e. The summed E-state index contributed by atoms with van der Waals surface area (Å²) >= 11 is 0. The van der Waals surface area contributed by atoms with Crippen molar-refractivity contribution in [2.24, 2.45) is 0 Å². The van der Waals surface area contributed by atoms with Gasteiger partial charge in [-0.15, -0.1) is 0 Å². The topological polar surface area (TPSA) is 58.8 Å². The van der Waals surface area contributed by atoms with Crippen molar-refractivity contribution < 1.29 is 14.1 Å². The summed E-state index contributed by atoms with van der Waals surface area (Å²) in [5.41, 5.74) is 2.52. The molecule has 3 rings (SSSR count). The van der Waals surface area contributed by atoms with Crippen molar-refractivity contribution in [3.8, 4) is 5.75 Å². The number of benzene rings is 2. The number of aryl methyl sites for hydroxylation is 1. The van der Waals surface area contributed by atoms with E-state index in [4.69, 9.17) is 4.74 Å². The Bertz CT molecular complexity index is 795. The smallest absolute Gasteiger partial charge is 0.295 e. The largest absolute Gasteiger partial charge is 0.494 e. The SMILES string of the molecule is COc1cc(N2CCCN(c3ccc(C)cc3)CC2)c([N+](=O)[O-])cc1F. The molecule has 26 heavy (non-hydrogen) atoms. The van der Waals surface area contributed by atoms with E-state index in [1.165, 1.54) is 18.7 Å². The molecule has 2 aromatic rings. The normalized spacial score (nSPS) is 14.9. The van der Waals surface area contributed by atoms with Crippen LogP contribution in [0.25, 0.3) is 0 Å². The summed E-state index contributed by atoms with van der Waals surface area (Å²) in [6, 6.07) is 10.7. The number of rotatable bonds is 4. The fraction of sp³-hybridized carbons (Fsp3) is 0.368. The van der Waals surface area contributed by atoms with Gasteiger partial charge in [-0.25, -0.2) is 4.39 Å². The number of nitro groups is 1. The van der Waals surface area contributed by atoms with E-state index in [1.807, 2.05) is 4.90 Å². The van der Waals surface area contributed by atoms with Gasteiger partial charge in [0.05, 0.1) is 18.1 Å². The molecule has 1 saturated heterocycles. The maximum Gasteiger partial charge on any atom is 0.295 e. The number of methoxy groups -OCH3 is 1. The van der Waals surface area contributed by atoms with Crippen LogP contribution in [-0.2, 0) is 0 Å². The van der Waals surface area contributed by atoms with Crippen LogP contribution in [0.4, 0.5) is 21.5 Å². The zero-order chi connectivity index (χ0) is 18.7. The second-order valence-electron chi connectivity index (χ2n) is 6.40. The van der Waals surface area contributed by atoms with Crippen molar-refractivity contribution in [2.45, 2.75) is 13.3 Å². The first-order chi connectivity index (χ1) is 12.5. The van der Waals surface area contributed by atoms with Gasteiger partial charge < -0.3 is 14.5 Å². The Morgan fingerprint density at radius 2 is 1.73 bits per heavy atom. The standard InChI is InChI=1S/C19H22FN3O3/c1-14-4-6-15(7-5-14)21-8-3-9-22(11-10-21)17-13-19(26-2)16(20)12-18(17)23(24)25/h4-7,12-13H,3,8-11H2,1-2H3. The molecule has 1 heterocycles. The fourth-order valence-electron chi connectivity index (χ4n) is 3.26. The van der Waals surface area contributed by atoms with Gasteiger partial charge in [-0.1, -0.05) is 17.7 Å². The van der Waals surface area contributed by atoms with Crippen LogP contribution in [0.3, 0.4) is 0 Å². The lowest BCUT2D eigenvalue weighted by molar-refractivity contribution is -0.384. The Morgan fingerprint density at radius 1 is 1.08 bits per heavy atom. The Balaban J connectivity index is 1.84. The molecule has 0 atom stereocenters.